The molecule has 1 aromatic rings. The van der Waals surface area contributed by atoms with Gasteiger partial charge in [0.05, 0.1) is 0 Å². The molecule has 1 fully saturated rings. The van der Waals surface area contributed by atoms with Crippen LogP contribution in [0.5, 0.6) is 0 Å². The molecule has 1 aromatic heterocycles. The monoisotopic (exact) mass is 259 g/mol. The summed E-state index contributed by atoms with van der Waals surface area (Å²) in [5.74, 6) is 0.374. The summed E-state index contributed by atoms with van der Waals surface area (Å²) >= 11 is 0. The Bertz CT molecular complexity index is 479. The fourth-order valence-corrected chi connectivity index (χ4v) is 2.88. The van der Waals surface area contributed by atoms with Crippen LogP contribution in [0, 0.1) is 11.3 Å². The van der Waals surface area contributed by atoms with Gasteiger partial charge in [-0.2, -0.15) is 5.10 Å². The number of pyridine rings is 1. The molecule has 19 heavy (non-hydrogen) atoms. The van der Waals surface area contributed by atoms with Crippen LogP contribution in [0.25, 0.3) is 0 Å². The number of nitrogens with zero attached hydrogens (tertiary/aromatic N) is 2. The van der Waals surface area contributed by atoms with E-state index in [1.54, 1.807) is 24.4 Å². The SMILES string of the molecule is C[C@@H]1C/C(=N/NC(=O)c2ccccn2)CC(C)(C)C1. The van der Waals surface area contributed by atoms with E-state index in [9.17, 15) is 4.79 Å². The Balaban J connectivity index is 2.01. The molecule has 0 aliphatic heterocycles. The molecule has 1 saturated carbocycles. The second-order valence-corrected chi connectivity index (χ2v) is 6.19. The van der Waals surface area contributed by atoms with Crippen LogP contribution in [0.2, 0.25) is 0 Å². The molecule has 0 saturated heterocycles. The van der Waals surface area contributed by atoms with Gasteiger partial charge in [-0.05, 0) is 42.7 Å². The largest absolute Gasteiger partial charge is 0.289 e. The number of amides is 1. The van der Waals surface area contributed by atoms with Crippen LogP contribution in [-0.2, 0) is 0 Å². The summed E-state index contributed by atoms with van der Waals surface area (Å²) in [6, 6.07) is 5.26. The van der Waals surface area contributed by atoms with Gasteiger partial charge in [0.2, 0.25) is 0 Å². The normalized spacial score (nSPS) is 24.2. The number of nitrogens with one attached hydrogen (secondary N) is 1. The van der Waals surface area contributed by atoms with Crippen LogP contribution in [0.15, 0.2) is 29.5 Å². The Hall–Kier alpha value is -1.71. The van der Waals surface area contributed by atoms with E-state index in [0.717, 1.165) is 18.6 Å². The number of carbonyl (C=O) groups excluding carboxylic acids is 1. The summed E-state index contributed by atoms with van der Waals surface area (Å²) in [5.41, 5.74) is 4.36. The molecule has 1 amide bonds. The van der Waals surface area contributed by atoms with E-state index in [4.69, 9.17) is 0 Å². The number of hydrogen-bond acceptors (Lipinski definition) is 3. The lowest BCUT2D eigenvalue weighted by Gasteiger charge is -2.34. The van der Waals surface area contributed by atoms with Gasteiger partial charge < -0.3 is 0 Å². The highest BCUT2D eigenvalue weighted by Crippen LogP contribution is 2.36. The Labute approximate surface area is 114 Å². The molecule has 102 valence electrons. The maximum absolute atomic E-state index is 11.8. The van der Waals surface area contributed by atoms with Crippen molar-refractivity contribution < 1.29 is 4.79 Å². The lowest BCUT2D eigenvalue weighted by Crippen LogP contribution is -2.30. The molecule has 1 aliphatic carbocycles. The third kappa shape index (κ3) is 3.88. The molecule has 1 N–H and O–H groups in total. The quantitative estimate of drug-likeness (QED) is 0.830. The van der Waals surface area contributed by atoms with E-state index in [2.05, 4.69) is 36.3 Å². The molecule has 0 bridgehead atoms. The van der Waals surface area contributed by atoms with Gasteiger partial charge in [0.25, 0.3) is 5.91 Å². The molecule has 4 nitrogen and oxygen atoms in total. The summed E-state index contributed by atoms with van der Waals surface area (Å²) < 4.78 is 0. The number of rotatable bonds is 2. The van der Waals surface area contributed by atoms with Crippen molar-refractivity contribution in [2.75, 3.05) is 0 Å². The molecular formula is C15H21N3O. The van der Waals surface area contributed by atoms with Crippen LogP contribution < -0.4 is 5.43 Å². The van der Waals surface area contributed by atoms with Gasteiger partial charge in [0.1, 0.15) is 5.69 Å². The molecule has 0 spiro atoms. The summed E-state index contributed by atoms with van der Waals surface area (Å²) in [6.07, 6.45) is 4.72. The summed E-state index contributed by atoms with van der Waals surface area (Å²) in [7, 11) is 0. The first-order chi connectivity index (χ1) is 8.96. The third-order valence-corrected chi connectivity index (χ3v) is 3.38. The van der Waals surface area contributed by atoms with E-state index in [-0.39, 0.29) is 11.3 Å². The molecule has 4 heteroatoms. The minimum atomic E-state index is -0.246. The minimum Gasteiger partial charge on any atom is -0.266 e. The molecule has 1 aliphatic rings. The highest BCUT2D eigenvalue weighted by molar-refractivity contribution is 5.94. The lowest BCUT2D eigenvalue weighted by molar-refractivity contribution is 0.0949. The number of aromatic nitrogens is 1. The van der Waals surface area contributed by atoms with Gasteiger partial charge in [0, 0.05) is 11.9 Å². The van der Waals surface area contributed by atoms with Gasteiger partial charge in [0.15, 0.2) is 0 Å². The van der Waals surface area contributed by atoms with Gasteiger partial charge >= 0.3 is 0 Å². The topological polar surface area (TPSA) is 54.4 Å². The molecule has 1 atom stereocenters. The molecule has 1 heterocycles. The van der Waals surface area contributed by atoms with Crippen molar-refractivity contribution in [2.24, 2.45) is 16.4 Å². The smallest absolute Gasteiger partial charge is 0.266 e. The first-order valence-electron chi connectivity index (χ1n) is 6.73. The van der Waals surface area contributed by atoms with E-state index in [1.165, 1.54) is 6.42 Å². The first-order valence-corrected chi connectivity index (χ1v) is 6.73. The summed E-state index contributed by atoms with van der Waals surface area (Å²) in [4.78, 5) is 15.9. The molecule has 0 aromatic carbocycles. The number of carbonyl (C=O) groups is 1. The Morgan fingerprint density at radius 2 is 2.26 bits per heavy atom. The second kappa shape index (κ2) is 5.51. The molecule has 0 unspecified atom stereocenters. The summed E-state index contributed by atoms with van der Waals surface area (Å²) in [6.45, 7) is 6.73. The first kappa shape index (κ1) is 13.7. The van der Waals surface area contributed by atoms with Crippen molar-refractivity contribution in [3.05, 3.63) is 30.1 Å². The fourth-order valence-electron chi connectivity index (χ4n) is 2.88. The Kier molecular flexibility index (Phi) is 3.98. The molecule has 0 radical (unpaired) electrons. The Morgan fingerprint density at radius 3 is 2.89 bits per heavy atom. The van der Waals surface area contributed by atoms with Gasteiger partial charge in [-0.1, -0.05) is 26.8 Å². The van der Waals surface area contributed by atoms with E-state index in [0.29, 0.717) is 11.6 Å². The van der Waals surface area contributed by atoms with Crippen LogP contribution in [-0.4, -0.2) is 16.6 Å². The summed E-state index contributed by atoms with van der Waals surface area (Å²) in [5, 5.41) is 4.28. The average Bonchev–Trinajstić information content (AvgIpc) is 2.34. The third-order valence-electron chi connectivity index (χ3n) is 3.38. The van der Waals surface area contributed by atoms with Crippen LogP contribution >= 0.6 is 0 Å². The van der Waals surface area contributed by atoms with Crippen molar-refractivity contribution in [1.82, 2.24) is 10.4 Å². The highest BCUT2D eigenvalue weighted by Gasteiger charge is 2.29. The fraction of sp³-hybridized carbons (Fsp3) is 0.533. The minimum absolute atomic E-state index is 0.246. The van der Waals surface area contributed by atoms with Crippen LogP contribution in [0.3, 0.4) is 0 Å². The second-order valence-electron chi connectivity index (χ2n) is 6.19. The number of hydrazone groups is 1. The van der Waals surface area contributed by atoms with Crippen molar-refractivity contribution in [3.63, 3.8) is 0 Å². The zero-order chi connectivity index (χ0) is 13.9. The predicted octanol–water partition coefficient (Wildman–Crippen LogP) is 3.01. The van der Waals surface area contributed by atoms with Crippen molar-refractivity contribution in [1.29, 1.82) is 0 Å². The zero-order valence-corrected chi connectivity index (χ0v) is 11.8. The van der Waals surface area contributed by atoms with Crippen molar-refractivity contribution in [3.8, 4) is 0 Å². The lowest BCUT2D eigenvalue weighted by atomic mass is 9.72. The van der Waals surface area contributed by atoms with Crippen molar-refractivity contribution >= 4 is 11.6 Å². The standard InChI is InChI=1S/C15H21N3O/c1-11-8-12(10-15(2,3)9-11)17-18-14(19)13-6-4-5-7-16-13/h4-7,11H,8-10H2,1-3H3,(H,18,19)/b17-12-/t11-/m1/s1. The van der Waals surface area contributed by atoms with Crippen LogP contribution in [0.1, 0.15) is 50.5 Å². The predicted molar refractivity (Wildman–Crippen MR) is 75.9 cm³/mol. The van der Waals surface area contributed by atoms with E-state index in [1.807, 2.05) is 0 Å². The number of hydrogen-bond donors (Lipinski definition) is 1. The molecule has 2 rings (SSSR count). The maximum Gasteiger partial charge on any atom is 0.289 e. The van der Waals surface area contributed by atoms with Gasteiger partial charge in [-0.25, -0.2) is 5.43 Å². The van der Waals surface area contributed by atoms with Gasteiger partial charge in [-0.15, -0.1) is 0 Å². The zero-order valence-electron chi connectivity index (χ0n) is 11.8. The Morgan fingerprint density at radius 1 is 1.47 bits per heavy atom. The average molecular weight is 259 g/mol. The van der Waals surface area contributed by atoms with Crippen LogP contribution in [0.4, 0.5) is 0 Å². The maximum atomic E-state index is 11.8. The van der Waals surface area contributed by atoms with E-state index >= 15 is 0 Å². The van der Waals surface area contributed by atoms with Gasteiger partial charge in [-0.3, -0.25) is 9.78 Å². The van der Waals surface area contributed by atoms with E-state index < -0.39 is 0 Å². The molecular weight excluding hydrogens is 238 g/mol. The van der Waals surface area contributed by atoms with Crippen molar-refractivity contribution in [2.45, 2.75) is 40.0 Å². The highest BCUT2D eigenvalue weighted by atomic mass is 16.2.